The fraction of sp³-hybridized carbons (Fsp3) is 0.350. The van der Waals surface area contributed by atoms with E-state index in [1.807, 2.05) is 30.0 Å². The van der Waals surface area contributed by atoms with Crippen LogP contribution < -0.4 is 4.90 Å². The molecule has 0 aliphatic heterocycles. The van der Waals surface area contributed by atoms with Crippen molar-refractivity contribution in [1.82, 2.24) is 0 Å². The van der Waals surface area contributed by atoms with Gasteiger partial charge in [-0.1, -0.05) is 42.0 Å². The number of hydrogen-bond acceptors (Lipinski definition) is 1. The minimum absolute atomic E-state index is 0.191. The Morgan fingerprint density at radius 3 is 2.36 bits per heavy atom. The number of para-hydroxylation sites is 1. The van der Waals surface area contributed by atoms with E-state index in [0.29, 0.717) is 13.0 Å². The lowest BCUT2D eigenvalue weighted by Gasteiger charge is -2.23. The average molecular weight is 295 g/mol. The molecule has 0 bridgehead atoms. The highest BCUT2D eigenvalue weighted by Gasteiger charge is 2.15. The van der Waals surface area contributed by atoms with Crippen molar-refractivity contribution in [2.45, 2.75) is 40.5 Å². The van der Waals surface area contributed by atoms with Crippen molar-refractivity contribution in [2.24, 2.45) is 0 Å². The molecule has 0 saturated carbocycles. The molecular formula is C20H25NO. The van der Waals surface area contributed by atoms with Crippen LogP contribution in [0, 0.1) is 20.8 Å². The van der Waals surface area contributed by atoms with Crippen LogP contribution in [0.1, 0.15) is 35.6 Å². The summed E-state index contributed by atoms with van der Waals surface area (Å²) in [5, 5.41) is 0. The summed E-state index contributed by atoms with van der Waals surface area (Å²) in [7, 11) is 0. The molecule has 0 radical (unpaired) electrons. The second kappa shape index (κ2) is 7.26. The van der Waals surface area contributed by atoms with Gasteiger partial charge in [-0.15, -0.1) is 0 Å². The smallest absolute Gasteiger partial charge is 0.227 e. The van der Waals surface area contributed by atoms with E-state index in [2.05, 4.69) is 45.0 Å². The van der Waals surface area contributed by atoms with Crippen LogP contribution in [0.3, 0.4) is 0 Å². The molecule has 0 aliphatic carbocycles. The summed E-state index contributed by atoms with van der Waals surface area (Å²) in [5.41, 5.74) is 5.97. The van der Waals surface area contributed by atoms with Gasteiger partial charge < -0.3 is 4.90 Å². The highest BCUT2D eigenvalue weighted by Crippen LogP contribution is 2.21. The molecule has 0 unspecified atom stereocenters. The normalized spacial score (nSPS) is 10.5. The van der Waals surface area contributed by atoms with Gasteiger partial charge >= 0.3 is 0 Å². The molecule has 1 amide bonds. The third-order valence-corrected chi connectivity index (χ3v) is 4.13. The topological polar surface area (TPSA) is 20.3 Å². The number of anilines is 1. The Balaban J connectivity index is 2.09. The zero-order chi connectivity index (χ0) is 16.1. The number of carbonyl (C=O) groups is 1. The maximum absolute atomic E-state index is 12.6. The summed E-state index contributed by atoms with van der Waals surface area (Å²) in [6.45, 7) is 9.00. The number of benzene rings is 2. The lowest BCUT2D eigenvalue weighted by atomic mass is 10.0. The highest BCUT2D eigenvalue weighted by molar-refractivity contribution is 5.94. The van der Waals surface area contributed by atoms with Gasteiger partial charge in [-0.3, -0.25) is 4.79 Å². The Bertz CT molecular complexity index is 661. The second-order valence-corrected chi connectivity index (χ2v) is 5.85. The van der Waals surface area contributed by atoms with Crippen LogP contribution in [0.5, 0.6) is 0 Å². The zero-order valence-electron chi connectivity index (χ0n) is 14.0. The van der Waals surface area contributed by atoms with Crippen molar-refractivity contribution in [3.05, 3.63) is 64.7 Å². The molecular weight excluding hydrogens is 270 g/mol. The number of rotatable bonds is 5. The lowest BCUT2D eigenvalue weighted by Crippen LogP contribution is -2.31. The van der Waals surface area contributed by atoms with Crippen molar-refractivity contribution in [1.29, 1.82) is 0 Å². The summed E-state index contributed by atoms with van der Waals surface area (Å²) < 4.78 is 0. The lowest BCUT2D eigenvalue weighted by molar-refractivity contribution is -0.118. The van der Waals surface area contributed by atoms with E-state index >= 15 is 0 Å². The predicted molar refractivity (Wildman–Crippen MR) is 93.4 cm³/mol. The zero-order valence-corrected chi connectivity index (χ0v) is 14.0. The van der Waals surface area contributed by atoms with Gasteiger partial charge in [0.15, 0.2) is 0 Å². The third kappa shape index (κ3) is 3.76. The van der Waals surface area contributed by atoms with Gasteiger partial charge in [-0.25, -0.2) is 0 Å². The second-order valence-electron chi connectivity index (χ2n) is 5.85. The van der Waals surface area contributed by atoms with Gasteiger partial charge in [0.2, 0.25) is 5.91 Å². The predicted octanol–water partition coefficient (Wildman–Crippen LogP) is 4.60. The molecule has 2 nitrogen and oxygen atoms in total. The number of hydrogen-bond donors (Lipinski definition) is 0. The molecule has 0 atom stereocenters. The number of aryl methyl sites for hydroxylation is 4. The summed E-state index contributed by atoms with van der Waals surface area (Å²) in [6, 6.07) is 14.5. The molecule has 22 heavy (non-hydrogen) atoms. The molecule has 0 fully saturated rings. The van der Waals surface area contributed by atoms with Gasteiger partial charge in [0, 0.05) is 18.7 Å². The fourth-order valence-corrected chi connectivity index (χ4v) is 2.85. The minimum atomic E-state index is 0.191. The quantitative estimate of drug-likeness (QED) is 0.789. The van der Waals surface area contributed by atoms with Crippen molar-refractivity contribution in [3.8, 4) is 0 Å². The maximum atomic E-state index is 12.6. The Hall–Kier alpha value is -2.09. The van der Waals surface area contributed by atoms with E-state index in [9.17, 15) is 4.79 Å². The minimum Gasteiger partial charge on any atom is -0.312 e. The van der Waals surface area contributed by atoms with E-state index in [1.54, 1.807) is 0 Å². The summed E-state index contributed by atoms with van der Waals surface area (Å²) in [6.07, 6.45) is 1.35. The standard InChI is InChI=1S/C20H25NO/c1-5-21(19-9-7-6-8-16(19)3)20(22)13-12-18-11-10-15(2)14-17(18)4/h6-11,14H,5,12-13H2,1-4H3. The van der Waals surface area contributed by atoms with Crippen molar-refractivity contribution >= 4 is 11.6 Å². The van der Waals surface area contributed by atoms with E-state index in [4.69, 9.17) is 0 Å². The van der Waals surface area contributed by atoms with Gasteiger partial charge in [0.25, 0.3) is 0 Å². The van der Waals surface area contributed by atoms with Crippen molar-refractivity contribution in [2.75, 3.05) is 11.4 Å². The summed E-state index contributed by atoms with van der Waals surface area (Å²) in [4.78, 5) is 14.5. The Kier molecular flexibility index (Phi) is 5.37. The van der Waals surface area contributed by atoms with Gasteiger partial charge in [-0.2, -0.15) is 0 Å². The number of amides is 1. The third-order valence-electron chi connectivity index (χ3n) is 4.13. The highest BCUT2D eigenvalue weighted by atomic mass is 16.2. The van der Waals surface area contributed by atoms with Crippen LogP contribution in [0.25, 0.3) is 0 Å². The molecule has 2 rings (SSSR count). The fourth-order valence-electron chi connectivity index (χ4n) is 2.85. The Morgan fingerprint density at radius 1 is 1.00 bits per heavy atom. The van der Waals surface area contributed by atoms with E-state index in [1.165, 1.54) is 16.7 Å². The Labute approximate surface area is 133 Å². The van der Waals surface area contributed by atoms with Crippen molar-refractivity contribution in [3.63, 3.8) is 0 Å². The maximum Gasteiger partial charge on any atom is 0.227 e. The van der Waals surface area contributed by atoms with Gasteiger partial charge in [-0.05, 0) is 56.9 Å². The van der Waals surface area contributed by atoms with E-state index in [0.717, 1.165) is 17.7 Å². The molecule has 116 valence electrons. The monoisotopic (exact) mass is 295 g/mol. The molecule has 0 heterocycles. The van der Waals surface area contributed by atoms with Gasteiger partial charge in [0.05, 0.1) is 0 Å². The largest absolute Gasteiger partial charge is 0.312 e. The van der Waals surface area contributed by atoms with Crippen LogP contribution in [0.4, 0.5) is 5.69 Å². The number of carbonyl (C=O) groups excluding carboxylic acids is 1. The molecule has 0 spiro atoms. The van der Waals surface area contributed by atoms with Crippen LogP contribution in [0.15, 0.2) is 42.5 Å². The molecule has 0 aromatic heterocycles. The molecule has 2 heteroatoms. The first kappa shape index (κ1) is 16.3. The average Bonchev–Trinajstić information content (AvgIpc) is 2.49. The molecule has 0 aliphatic rings. The molecule has 2 aromatic carbocycles. The van der Waals surface area contributed by atoms with Crippen LogP contribution in [-0.4, -0.2) is 12.5 Å². The summed E-state index contributed by atoms with van der Waals surface area (Å²) >= 11 is 0. The first-order chi connectivity index (χ1) is 10.5. The van der Waals surface area contributed by atoms with Crippen LogP contribution in [0.2, 0.25) is 0 Å². The first-order valence-corrected chi connectivity index (χ1v) is 7.95. The van der Waals surface area contributed by atoms with Crippen LogP contribution in [-0.2, 0) is 11.2 Å². The van der Waals surface area contributed by atoms with E-state index < -0.39 is 0 Å². The first-order valence-electron chi connectivity index (χ1n) is 7.95. The van der Waals surface area contributed by atoms with E-state index in [-0.39, 0.29) is 5.91 Å². The number of nitrogens with zero attached hydrogens (tertiary/aromatic N) is 1. The molecule has 0 N–H and O–H groups in total. The van der Waals surface area contributed by atoms with Crippen LogP contribution >= 0.6 is 0 Å². The molecule has 2 aromatic rings. The SMILES string of the molecule is CCN(C(=O)CCc1ccc(C)cc1C)c1ccccc1C. The molecule has 0 saturated heterocycles. The Morgan fingerprint density at radius 2 is 1.73 bits per heavy atom. The van der Waals surface area contributed by atoms with Gasteiger partial charge in [0.1, 0.15) is 0 Å². The summed E-state index contributed by atoms with van der Waals surface area (Å²) in [5.74, 6) is 0.191. The van der Waals surface area contributed by atoms with Crippen molar-refractivity contribution < 1.29 is 4.79 Å².